The number of aliphatic hydroxyl groups is 2. The summed E-state index contributed by atoms with van der Waals surface area (Å²) in [4.78, 5) is 75.3. The van der Waals surface area contributed by atoms with Crippen molar-refractivity contribution in [2.75, 3.05) is 177 Å². The van der Waals surface area contributed by atoms with E-state index in [0.29, 0.717) is 159 Å². The number of hydrogen-bond acceptors (Lipinski definition) is 21. The van der Waals surface area contributed by atoms with E-state index >= 15 is 0 Å². The van der Waals surface area contributed by atoms with Crippen molar-refractivity contribution in [3.63, 3.8) is 0 Å². The fourth-order valence-electron chi connectivity index (χ4n) is 12.2. The Morgan fingerprint density at radius 3 is 1.57 bits per heavy atom. The van der Waals surface area contributed by atoms with Gasteiger partial charge in [-0.1, -0.05) is 19.9 Å². The second-order valence-electron chi connectivity index (χ2n) is 22.7. The molecule has 0 unspecified atom stereocenters. The van der Waals surface area contributed by atoms with Crippen LogP contribution in [0.4, 0.5) is 11.4 Å². The lowest BCUT2D eigenvalue weighted by atomic mass is 9.48. The van der Waals surface area contributed by atoms with E-state index < -0.39 is 35.6 Å². The molecule has 2 aromatic carbocycles. The van der Waals surface area contributed by atoms with Crippen molar-refractivity contribution in [2.24, 2.45) is 34.4 Å². The number of rotatable bonds is 36. The minimum absolute atomic E-state index is 0.0371. The molecule has 10 N–H and O–H groups in total. The van der Waals surface area contributed by atoms with Crippen LogP contribution in [0, 0.1) is 23.7 Å². The average molecular weight is 1210 g/mol. The molecule has 0 aromatic heterocycles. The maximum absolute atomic E-state index is 14.1. The number of carboxylic acids is 3. The van der Waals surface area contributed by atoms with Crippen LogP contribution in [0.25, 0.3) is 0 Å². The van der Waals surface area contributed by atoms with Gasteiger partial charge in [0.15, 0.2) is 6.29 Å². The van der Waals surface area contributed by atoms with Crippen LogP contribution in [0.15, 0.2) is 53.2 Å². The summed E-state index contributed by atoms with van der Waals surface area (Å²) in [7, 11) is 3.07. The molecule has 1 aliphatic heterocycles. The number of ether oxygens (including phenoxy) is 7. The number of hydrogen-bond donors (Lipinski definition) is 9. The highest BCUT2D eigenvalue weighted by atomic mass is 16.6. The topological polar surface area (TPSA) is 339 Å². The zero-order valence-corrected chi connectivity index (χ0v) is 50.5. The number of methoxy groups -OCH3 is 2. The third-order valence-electron chi connectivity index (χ3n) is 16.3. The monoisotopic (exact) mass is 1210 g/mol. The van der Waals surface area contributed by atoms with Gasteiger partial charge in [-0.3, -0.25) is 38.8 Å². The van der Waals surface area contributed by atoms with Crippen LogP contribution in [0.1, 0.15) is 63.0 Å². The number of allylic oxidation sites excluding steroid dienone is 1. The number of nitrogens with zero attached hydrogens (tertiary/aromatic N) is 5. The van der Waals surface area contributed by atoms with E-state index in [-0.39, 0.29) is 68.7 Å². The molecule has 2 amide bonds. The van der Waals surface area contributed by atoms with Gasteiger partial charge in [0.05, 0.1) is 123 Å². The first-order chi connectivity index (χ1) is 41.4. The highest BCUT2D eigenvalue weighted by Crippen LogP contribution is 2.58. The van der Waals surface area contributed by atoms with E-state index in [4.69, 9.17) is 43.9 Å². The first-order valence-corrected chi connectivity index (χ1v) is 29.9. The number of nitrogens with one attached hydrogen (secondary N) is 3. The summed E-state index contributed by atoms with van der Waals surface area (Å²) >= 11 is 0. The fourth-order valence-corrected chi connectivity index (χ4v) is 12.2. The van der Waals surface area contributed by atoms with Crippen molar-refractivity contribution in [2.45, 2.75) is 63.7 Å². The maximum Gasteiger partial charge on any atom is 0.330 e. The summed E-state index contributed by atoms with van der Waals surface area (Å²) in [5.41, 5.74) is 8.26. The summed E-state index contributed by atoms with van der Waals surface area (Å²) in [6.07, 6.45) is 4.16. The van der Waals surface area contributed by atoms with Gasteiger partial charge in [-0.05, 0) is 104 Å². The van der Waals surface area contributed by atoms with Crippen molar-refractivity contribution >= 4 is 46.8 Å². The molecule has 4 bridgehead atoms. The SMILES string of the molecule is COc1cccc(OC)c1C(C=C(N)C(=O)NC1(C(=O)O)C2CC3CC(C2)CC1C3)=Nc1ccc(NCCOCCOCCOCCOCCOCCNC(=O)CN2CCN(CC(=O)O)CCN(CC(=O)O)CCN(CC(O)O)CC2)cc1C(C)C. The van der Waals surface area contributed by atoms with Crippen LogP contribution >= 0.6 is 0 Å². The second-order valence-corrected chi connectivity index (χ2v) is 22.7. The number of aliphatic hydroxyl groups excluding tert-OH is 1. The number of carbonyl (C=O) groups is 5. The average Bonchev–Trinajstić information content (AvgIpc) is 1.71. The smallest absolute Gasteiger partial charge is 0.330 e. The van der Waals surface area contributed by atoms with Crippen LogP contribution in [-0.2, 0) is 47.7 Å². The number of aliphatic imine (C=N–C) groups is 1. The van der Waals surface area contributed by atoms with Gasteiger partial charge in [-0.25, -0.2) is 9.79 Å². The van der Waals surface area contributed by atoms with Crippen LogP contribution < -0.4 is 31.2 Å². The molecule has 4 saturated carbocycles. The minimum Gasteiger partial charge on any atom is -0.496 e. The Bertz CT molecular complexity index is 2500. The summed E-state index contributed by atoms with van der Waals surface area (Å²) < 4.78 is 39.8. The van der Waals surface area contributed by atoms with Gasteiger partial charge >= 0.3 is 17.9 Å². The molecular weight excluding hydrogens is 1120 g/mol. The lowest BCUT2D eigenvalue weighted by molar-refractivity contribution is -0.167. The first kappa shape index (κ1) is 69.1. The van der Waals surface area contributed by atoms with Gasteiger partial charge < -0.3 is 80.4 Å². The van der Waals surface area contributed by atoms with Gasteiger partial charge in [-0.2, -0.15) is 0 Å². The maximum atomic E-state index is 14.1. The molecule has 5 aliphatic rings. The standard InChI is InChI=1S/C60H93N9O17/c1-41(2)47-35-46(8-9-49(47)64-50(57-51(80-3)6-5-7-52(57)81-4)36-48(61)58(77)65-60(59(78)79)44-31-42-30-43(33-44)34-45(60)32-42)62-10-20-82-22-24-84-26-28-86-29-27-85-25-23-83-21-11-63-53(70)37-66-12-14-67(38-54(71)72)16-18-69(40-56(75)76)19-17-68(15-13-66)39-55(73)74/h5-9,35-36,41-45,54,62,71-72H,10-34,37-40,61H2,1-4H3,(H,63,70)(H,65,77)(H,73,74)(H,75,76)(H,78,79). The van der Waals surface area contributed by atoms with Crippen LogP contribution in [0.3, 0.4) is 0 Å². The van der Waals surface area contributed by atoms with E-state index in [1.165, 1.54) is 20.3 Å². The zero-order valence-electron chi connectivity index (χ0n) is 50.5. The number of amides is 2. The molecule has 0 radical (unpaired) electrons. The summed E-state index contributed by atoms with van der Waals surface area (Å²) in [5, 5.41) is 58.1. The second kappa shape index (κ2) is 35.7. The normalized spacial score (nSPS) is 21.9. The molecule has 26 nitrogen and oxygen atoms in total. The van der Waals surface area contributed by atoms with E-state index in [0.717, 1.165) is 43.4 Å². The molecule has 0 spiro atoms. The largest absolute Gasteiger partial charge is 0.496 e. The molecule has 7 rings (SSSR count). The number of β-amino-alcohol motifs (C(OH)–C–C–N with tert-alkyl or cyclic N) is 2. The Balaban J connectivity index is 0.846. The van der Waals surface area contributed by atoms with E-state index in [2.05, 4.69) is 29.8 Å². The third kappa shape index (κ3) is 21.7. The summed E-state index contributed by atoms with van der Waals surface area (Å²) in [6, 6.07) is 11.2. The predicted octanol–water partition coefficient (Wildman–Crippen LogP) is 1.50. The van der Waals surface area contributed by atoms with Crippen molar-refractivity contribution in [1.29, 1.82) is 0 Å². The number of nitrogens with two attached hydrogens (primary N) is 1. The Hall–Kier alpha value is -6.04. The fraction of sp³-hybridized carbons (Fsp3) is 0.667. The molecule has 5 fully saturated rings. The third-order valence-corrected chi connectivity index (χ3v) is 16.3. The van der Waals surface area contributed by atoms with Crippen LogP contribution in [0.2, 0.25) is 0 Å². The number of carbonyl (C=O) groups excluding carboxylic acids is 2. The molecule has 86 heavy (non-hydrogen) atoms. The van der Waals surface area contributed by atoms with Crippen LogP contribution in [-0.4, -0.2) is 264 Å². The molecule has 26 heteroatoms. The lowest BCUT2D eigenvalue weighted by Gasteiger charge is -2.59. The van der Waals surface area contributed by atoms with Crippen molar-refractivity contribution in [3.05, 3.63) is 59.3 Å². The molecular formula is C60H93N9O17. The Labute approximate surface area is 504 Å². The van der Waals surface area contributed by atoms with Gasteiger partial charge in [0.2, 0.25) is 5.91 Å². The van der Waals surface area contributed by atoms with Gasteiger partial charge in [0, 0.05) is 77.7 Å². The molecule has 4 aliphatic carbocycles. The van der Waals surface area contributed by atoms with Gasteiger partial charge in [0.1, 0.15) is 17.0 Å². The number of carboxylic acid groups (broad SMARTS) is 3. The Morgan fingerprint density at radius 2 is 1.12 bits per heavy atom. The predicted molar refractivity (Wildman–Crippen MR) is 319 cm³/mol. The van der Waals surface area contributed by atoms with Gasteiger partial charge in [0.25, 0.3) is 5.91 Å². The molecule has 480 valence electrons. The number of benzene rings is 2. The van der Waals surface area contributed by atoms with E-state index in [9.17, 15) is 49.5 Å². The van der Waals surface area contributed by atoms with E-state index in [1.54, 1.807) is 32.9 Å². The lowest BCUT2D eigenvalue weighted by Crippen LogP contribution is -2.70. The van der Waals surface area contributed by atoms with E-state index in [1.807, 2.05) is 23.1 Å². The molecule has 1 saturated heterocycles. The highest BCUT2D eigenvalue weighted by Gasteiger charge is 2.62. The van der Waals surface area contributed by atoms with Crippen molar-refractivity contribution < 1.29 is 82.7 Å². The highest BCUT2D eigenvalue weighted by molar-refractivity contribution is 6.16. The molecule has 1 heterocycles. The quantitative estimate of drug-likeness (QED) is 0.0202. The van der Waals surface area contributed by atoms with Gasteiger partial charge in [-0.15, -0.1) is 0 Å². The van der Waals surface area contributed by atoms with Crippen molar-refractivity contribution in [1.82, 2.24) is 30.2 Å². The number of anilines is 1. The summed E-state index contributed by atoms with van der Waals surface area (Å²) in [6.45, 7) is 10.9. The molecule has 0 atom stereocenters. The Kier molecular flexibility index (Phi) is 28.7. The molecule has 2 aromatic rings. The summed E-state index contributed by atoms with van der Waals surface area (Å²) in [5.74, 6) is -2.28. The number of aliphatic carboxylic acids is 3. The van der Waals surface area contributed by atoms with Crippen molar-refractivity contribution in [3.8, 4) is 11.5 Å². The zero-order chi connectivity index (χ0) is 62.0. The minimum atomic E-state index is -1.59. The Morgan fingerprint density at radius 1 is 0.651 bits per heavy atom. The first-order valence-electron chi connectivity index (χ1n) is 29.9. The van der Waals surface area contributed by atoms with Crippen LogP contribution in [0.5, 0.6) is 11.5 Å².